The van der Waals surface area contributed by atoms with E-state index in [1.807, 2.05) is 17.9 Å². The van der Waals surface area contributed by atoms with Gasteiger partial charge in [0, 0.05) is 5.02 Å². The first-order valence-corrected chi connectivity index (χ1v) is 9.67. The van der Waals surface area contributed by atoms with Crippen molar-refractivity contribution in [3.05, 3.63) is 63.7 Å². The molecular weight excluding hydrogens is 392 g/mol. The average Bonchev–Trinajstić information content (AvgIpc) is 2.71. The molecule has 1 unspecified atom stereocenters. The predicted molar refractivity (Wildman–Crippen MR) is 115 cm³/mol. The highest BCUT2D eigenvalue weighted by atomic mass is 35.5. The Labute approximate surface area is 173 Å². The van der Waals surface area contributed by atoms with Gasteiger partial charge < -0.3 is 15.0 Å². The van der Waals surface area contributed by atoms with E-state index in [0.717, 1.165) is 0 Å². The number of fused-ring (bicyclic) bond motifs is 1. The van der Waals surface area contributed by atoms with Crippen molar-refractivity contribution < 1.29 is 9.53 Å². The van der Waals surface area contributed by atoms with Gasteiger partial charge in [-0.05, 0) is 43.8 Å². The Morgan fingerprint density at radius 1 is 1.31 bits per heavy atom. The van der Waals surface area contributed by atoms with Crippen LogP contribution in [0.1, 0.15) is 19.7 Å². The van der Waals surface area contributed by atoms with Crippen LogP contribution in [0, 0.1) is 0 Å². The van der Waals surface area contributed by atoms with Crippen LogP contribution in [-0.4, -0.2) is 40.5 Å². The number of carbonyl (C=O) groups excluding carboxylic acids is 1. The number of halogens is 1. The Morgan fingerprint density at radius 3 is 2.79 bits per heavy atom. The summed E-state index contributed by atoms with van der Waals surface area (Å²) in [6, 6.07) is 11.7. The van der Waals surface area contributed by atoms with E-state index in [0.29, 0.717) is 46.3 Å². The van der Waals surface area contributed by atoms with Crippen molar-refractivity contribution in [2.75, 3.05) is 19.0 Å². The summed E-state index contributed by atoms with van der Waals surface area (Å²) in [6.45, 7) is 4.67. The molecule has 0 aliphatic heterocycles. The minimum absolute atomic E-state index is 0.192. The van der Waals surface area contributed by atoms with Crippen LogP contribution in [0.25, 0.3) is 10.9 Å². The summed E-state index contributed by atoms with van der Waals surface area (Å²) in [7, 11) is 1.53. The third-order valence-electron chi connectivity index (χ3n) is 4.77. The normalized spacial score (nSPS) is 12.2. The second-order valence-electron chi connectivity index (χ2n) is 6.60. The minimum atomic E-state index is -0.472. The monoisotopic (exact) mass is 414 g/mol. The van der Waals surface area contributed by atoms with Crippen LogP contribution in [0.15, 0.2) is 47.3 Å². The molecule has 0 radical (unpaired) electrons. The number of carbonyl (C=O) groups is 1. The molecule has 2 N–H and O–H groups in total. The number of aromatic amines is 1. The fraction of sp³-hybridized carbons (Fsp3) is 0.286. The number of rotatable bonds is 7. The summed E-state index contributed by atoms with van der Waals surface area (Å²) in [4.78, 5) is 34.4. The Hall–Kier alpha value is -2.90. The number of aromatic nitrogens is 2. The minimum Gasteiger partial charge on any atom is -0.495 e. The van der Waals surface area contributed by atoms with Gasteiger partial charge in [0.05, 0.1) is 36.3 Å². The van der Waals surface area contributed by atoms with E-state index in [-0.39, 0.29) is 11.5 Å². The second-order valence-corrected chi connectivity index (χ2v) is 7.04. The second kappa shape index (κ2) is 9.07. The summed E-state index contributed by atoms with van der Waals surface area (Å²) in [5, 5.41) is 3.90. The Balaban J connectivity index is 1.78. The molecule has 152 valence electrons. The lowest BCUT2D eigenvalue weighted by Crippen LogP contribution is -2.42. The number of H-pyrrole nitrogens is 1. The van der Waals surface area contributed by atoms with E-state index in [9.17, 15) is 9.59 Å². The van der Waals surface area contributed by atoms with Crippen LogP contribution in [0.2, 0.25) is 5.02 Å². The van der Waals surface area contributed by atoms with Crippen molar-refractivity contribution in [3.63, 3.8) is 0 Å². The molecule has 1 heterocycles. The van der Waals surface area contributed by atoms with Gasteiger partial charge in [-0.2, -0.15) is 0 Å². The van der Waals surface area contributed by atoms with Gasteiger partial charge >= 0.3 is 0 Å². The molecule has 3 rings (SSSR count). The van der Waals surface area contributed by atoms with E-state index >= 15 is 0 Å². The summed E-state index contributed by atoms with van der Waals surface area (Å²) in [5.74, 6) is 0.824. The topological polar surface area (TPSA) is 87.3 Å². The predicted octanol–water partition coefficient (Wildman–Crippen LogP) is 3.43. The number of amides is 1. The molecule has 7 nitrogen and oxygen atoms in total. The van der Waals surface area contributed by atoms with Gasteiger partial charge in [-0.3, -0.25) is 14.5 Å². The molecule has 2 aromatic carbocycles. The number of benzene rings is 2. The van der Waals surface area contributed by atoms with Crippen LogP contribution < -0.4 is 15.6 Å². The van der Waals surface area contributed by atoms with Gasteiger partial charge in [0.25, 0.3) is 5.56 Å². The van der Waals surface area contributed by atoms with Gasteiger partial charge in [-0.25, -0.2) is 4.98 Å². The van der Waals surface area contributed by atoms with Gasteiger partial charge in [-0.1, -0.05) is 30.7 Å². The maximum atomic E-state index is 12.8. The highest BCUT2D eigenvalue weighted by Gasteiger charge is 2.22. The van der Waals surface area contributed by atoms with Crippen molar-refractivity contribution in [2.24, 2.45) is 0 Å². The highest BCUT2D eigenvalue weighted by molar-refractivity contribution is 6.31. The van der Waals surface area contributed by atoms with E-state index in [1.165, 1.54) is 7.11 Å². The molecule has 29 heavy (non-hydrogen) atoms. The lowest BCUT2D eigenvalue weighted by atomic mass is 10.2. The third kappa shape index (κ3) is 4.75. The summed E-state index contributed by atoms with van der Waals surface area (Å²) >= 11 is 6.04. The fourth-order valence-corrected chi connectivity index (χ4v) is 3.28. The highest BCUT2D eigenvalue weighted by Crippen LogP contribution is 2.28. The van der Waals surface area contributed by atoms with Gasteiger partial charge in [-0.15, -0.1) is 0 Å². The molecule has 0 saturated heterocycles. The number of methoxy groups -OCH3 is 1. The van der Waals surface area contributed by atoms with Gasteiger partial charge in [0.15, 0.2) is 0 Å². The van der Waals surface area contributed by atoms with Crippen LogP contribution >= 0.6 is 11.6 Å². The fourth-order valence-electron chi connectivity index (χ4n) is 3.11. The van der Waals surface area contributed by atoms with E-state index in [4.69, 9.17) is 16.3 Å². The lowest BCUT2D eigenvalue weighted by molar-refractivity contribution is -0.120. The average molecular weight is 415 g/mol. The first-order chi connectivity index (χ1) is 13.9. The molecule has 0 fully saturated rings. The first-order valence-electron chi connectivity index (χ1n) is 9.29. The summed E-state index contributed by atoms with van der Waals surface area (Å²) < 4.78 is 5.28. The summed E-state index contributed by atoms with van der Waals surface area (Å²) in [5.41, 5.74) is 0.940. The van der Waals surface area contributed by atoms with Crippen LogP contribution in [0.3, 0.4) is 0 Å². The van der Waals surface area contributed by atoms with Crippen molar-refractivity contribution in [1.82, 2.24) is 14.9 Å². The SMILES string of the molecule is CCN(Cc1nc2ccccc2c(=O)[nH]1)C(C)C(=O)Nc1cc(Cl)ccc1OC. The number of likely N-dealkylation sites (N-methyl/N-ethyl adjacent to an activating group) is 1. The van der Waals surface area contributed by atoms with Gasteiger partial charge in [0.2, 0.25) is 5.91 Å². The first kappa shape index (κ1) is 20.8. The van der Waals surface area contributed by atoms with Crippen LogP contribution in [0.4, 0.5) is 5.69 Å². The zero-order chi connectivity index (χ0) is 21.0. The molecule has 1 atom stereocenters. The molecular formula is C21H23ClN4O3. The quantitative estimate of drug-likeness (QED) is 0.618. The lowest BCUT2D eigenvalue weighted by Gasteiger charge is -2.26. The molecule has 0 saturated carbocycles. The number of hydrogen-bond donors (Lipinski definition) is 2. The standard InChI is InChI=1S/C21H23ClN4O3/c1-4-26(12-19-23-16-8-6-5-7-15(16)21(28)25-19)13(2)20(27)24-17-11-14(22)9-10-18(17)29-3/h5-11,13H,4,12H2,1-3H3,(H,24,27)(H,23,25,28). The summed E-state index contributed by atoms with van der Waals surface area (Å²) in [6.07, 6.45) is 0. The number of anilines is 1. The molecule has 1 amide bonds. The smallest absolute Gasteiger partial charge is 0.258 e. The number of para-hydroxylation sites is 1. The zero-order valence-corrected chi connectivity index (χ0v) is 17.3. The van der Waals surface area contributed by atoms with Crippen molar-refractivity contribution in [1.29, 1.82) is 0 Å². The van der Waals surface area contributed by atoms with Crippen molar-refractivity contribution >= 4 is 34.1 Å². The van der Waals surface area contributed by atoms with E-state index < -0.39 is 6.04 Å². The maximum Gasteiger partial charge on any atom is 0.258 e. The van der Waals surface area contributed by atoms with Gasteiger partial charge in [0.1, 0.15) is 11.6 Å². The zero-order valence-electron chi connectivity index (χ0n) is 16.5. The van der Waals surface area contributed by atoms with Crippen LogP contribution in [0.5, 0.6) is 5.75 Å². The van der Waals surface area contributed by atoms with Crippen molar-refractivity contribution in [3.8, 4) is 5.75 Å². The van der Waals surface area contributed by atoms with Crippen molar-refractivity contribution in [2.45, 2.75) is 26.4 Å². The molecule has 8 heteroatoms. The van der Waals surface area contributed by atoms with E-state index in [2.05, 4.69) is 15.3 Å². The number of ether oxygens (including phenoxy) is 1. The van der Waals surface area contributed by atoms with E-state index in [1.54, 1.807) is 43.3 Å². The number of nitrogens with one attached hydrogen (secondary N) is 2. The Morgan fingerprint density at radius 2 is 2.07 bits per heavy atom. The molecule has 0 aliphatic carbocycles. The molecule has 0 spiro atoms. The third-order valence-corrected chi connectivity index (χ3v) is 5.00. The maximum absolute atomic E-state index is 12.8. The number of hydrogen-bond acceptors (Lipinski definition) is 5. The molecule has 3 aromatic rings. The Kier molecular flexibility index (Phi) is 6.51. The number of nitrogens with zero attached hydrogens (tertiary/aromatic N) is 2. The molecule has 1 aromatic heterocycles. The molecule has 0 aliphatic rings. The Bertz CT molecular complexity index is 1080. The molecule has 0 bridgehead atoms. The van der Waals surface area contributed by atoms with Crippen LogP contribution in [-0.2, 0) is 11.3 Å². The largest absolute Gasteiger partial charge is 0.495 e.